The number of hydrogen-bond donors (Lipinski definition) is 2. The molecule has 1 unspecified atom stereocenters. The lowest BCUT2D eigenvalue weighted by Crippen LogP contribution is -2.43. The zero-order chi connectivity index (χ0) is 15.2. The van der Waals surface area contributed by atoms with Crippen LogP contribution in [0.1, 0.15) is 19.8 Å². The monoisotopic (exact) mass is 297 g/mol. The summed E-state index contributed by atoms with van der Waals surface area (Å²) < 4.78 is 4.71. The van der Waals surface area contributed by atoms with Crippen LogP contribution >= 0.6 is 0 Å². The van der Waals surface area contributed by atoms with Gasteiger partial charge in [0.15, 0.2) is 5.82 Å². The molecule has 0 aromatic carbocycles. The summed E-state index contributed by atoms with van der Waals surface area (Å²) in [4.78, 5) is 26.1. The Balaban J connectivity index is 1.86. The van der Waals surface area contributed by atoms with Crippen molar-refractivity contribution in [1.82, 2.24) is 19.9 Å². The molecule has 2 heterocycles. The van der Waals surface area contributed by atoms with Crippen molar-refractivity contribution in [3.8, 4) is 0 Å². The van der Waals surface area contributed by atoms with E-state index in [1.165, 1.54) is 11.0 Å². The first-order valence-corrected chi connectivity index (χ1v) is 6.88. The Labute approximate surface area is 121 Å². The summed E-state index contributed by atoms with van der Waals surface area (Å²) in [5, 5.41) is 19.8. The zero-order valence-electron chi connectivity index (χ0n) is 11.9. The van der Waals surface area contributed by atoms with Crippen molar-refractivity contribution in [2.45, 2.75) is 32.4 Å². The molecule has 1 saturated heterocycles. The smallest absolute Gasteiger partial charge is 0.412 e. The predicted octanol–water partition coefficient (Wildman–Crippen LogP) is -0.170. The van der Waals surface area contributed by atoms with Crippen LogP contribution in [0, 0.1) is 0 Å². The molecule has 9 heteroatoms. The van der Waals surface area contributed by atoms with Gasteiger partial charge in [-0.15, -0.1) is 5.10 Å². The van der Waals surface area contributed by atoms with Gasteiger partial charge in [-0.1, -0.05) is 0 Å². The fourth-order valence-corrected chi connectivity index (χ4v) is 2.10. The molecule has 0 radical (unpaired) electrons. The number of aliphatic hydroxyl groups is 1. The predicted molar refractivity (Wildman–Crippen MR) is 72.5 cm³/mol. The summed E-state index contributed by atoms with van der Waals surface area (Å²) in [6.07, 6.45) is 1.77. The van der Waals surface area contributed by atoms with Gasteiger partial charge in [-0.05, 0) is 19.8 Å². The number of carbonyl (C=O) groups excluding carboxylic acids is 2. The quantitative estimate of drug-likeness (QED) is 0.798. The highest BCUT2D eigenvalue weighted by atomic mass is 16.5. The number of hydrogen-bond acceptors (Lipinski definition) is 6. The zero-order valence-corrected chi connectivity index (χ0v) is 11.9. The number of likely N-dealkylation sites (tertiary alicyclic amines) is 1. The van der Waals surface area contributed by atoms with Crippen LogP contribution in [0.25, 0.3) is 0 Å². The topological polar surface area (TPSA) is 110 Å². The Morgan fingerprint density at radius 2 is 2.38 bits per heavy atom. The minimum Gasteiger partial charge on any atom is -0.450 e. The highest BCUT2D eigenvalue weighted by Crippen LogP contribution is 2.10. The van der Waals surface area contributed by atoms with Crippen LogP contribution in [-0.2, 0) is 16.1 Å². The Morgan fingerprint density at radius 1 is 1.57 bits per heavy atom. The van der Waals surface area contributed by atoms with Crippen molar-refractivity contribution in [1.29, 1.82) is 0 Å². The highest BCUT2D eigenvalue weighted by Gasteiger charge is 2.22. The second-order valence-electron chi connectivity index (χ2n) is 4.74. The van der Waals surface area contributed by atoms with E-state index in [1.807, 2.05) is 0 Å². The molecule has 1 aromatic rings. The molecule has 1 aliphatic heterocycles. The number of nitrogens with one attached hydrogen (secondary N) is 1. The molecule has 1 aliphatic rings. The summed E-state index contributed by atoms with van der Waals surface area (Å²) in [7, 11) is 0. The van der Waals surface area contributed by atoms with Crippen LogP contribution in [0.2, 0.25) is 0 Å². The van der Waals surface area contributed by atoms with E-state index < -0.39 is 12.2 Å². The van der Waals surface area contributed by atoms with Crippen LogP contribution in [0.15, 0.2) is 6.20 Å². The van der Waals surface area contributed by atoms with Gasteiger partial charge in [0.2, 0.25) is 5.91 Å². The van der Waals surface area contributed by atoms with Crippen molar-refractivity contribution in [2.24, 2.45) is 0 Å². The van der Waals surface area contributed by atoms with Gasteiger partial charge in [0.25, 0.3) is 0 Å². The molecule has 0 aliphatic carbocycles. The Bertz CT molecular complexity index is 504. The molecule has 2 N–H and O–H groups in total. The first-order chi connectivity index (χ1) is 10.1. The van der Waals surface area contributed by atoms with E-state index in [1.54, 1.807) is 11.8 Å². The maximum absolute atomic E-state index is 12.0. The second kappa shape index (κ2) is 7.02. The van der Waals surface area contributed by atoms with Gasteiger partial charge in [-0.3, -0.25) is 10.1 Å². The van der Waals surface area contributed by atoms with Gasteiger partial charge in [0, 0.05) is 13.1 Å². The average Bonchev–Trinajstić information content (AvgIpc) is 2.86. The molecule has 2 amide bonds. The number of nitrogens with zero attached hydrogens (tertiary/aromatic N) is 4. The van der Waals surface area contributed by atoms with E-state index in [4.69, 9.17) is 4.74 Å². The lowest BCUT2D eigenvalue weighted by Gasteiger charge is -2.29. The van der Waals surface area contributed by atoms with E-state index in [0.29, 0.717) is 13.1 Å². The van der Waals surface area contributed by atoms with Gasteiger partial charge in [-0.25, -0.2) is 4.79 Å². The summed E-state index contributed by atoms with van der Waals surface area (Å²) in [6.45, 7) is 2.90. The summed E-state index contributed by atoms with van der Waals surface area (Å²) in [6, 6.07) is 0. The third-order valence-electron chi connectivity index (χ3n) is 3.07. The van der Waals surface area contributed by atoms with Crippen LogP contribution in [-0.4, -0.2) is 62.8 Å². The van der Waals surface area contributed by atoms with Gasteiger partial charge >= 0.3 is 6.09 Å². The Hall–Kier alpha value is -2.16. The third-order valence-corrected chi connectivity index (χ3v) is 3.07. The van der Waals surface area contributed by atoms with Gasteiger partial charge < -0.3 is 14.7 Å². The molecular weight excluding hydrogens is 278 g/mol. The third kappa shape index (κ3) is 4.42. The van der Waals surface area contributed by atoms with Crippen LogP contribution in [0.5, 0.6) is 0 Å². The molecular formula is C12H19N5O4. The normalized spacial score (nSPS) is 18.4. The average molecular weight is 297 g/mol. The molecule has 0 spiro atoms. The summed E-state index contributed by atoms with van der Waals surface area (Å²) in [5.41, 5.74) is 0. The van der Waals surface area contributed by atoms with Gasteiger partial charge in [0.05, 0.1) is 18.9 Å². The summed E-state index contributed by atoms with van der Waals surface area (Å²) >= 11 is 0. The number of amides is 2. The molecule has 116 valence electrons. The molecule has 1 aromatic heterocycles. The second-order valence-corrected chi connectivity index (χ2v) is 4.74. The molecule has 1 fully saturated rings. The summed E-state index contributed by atoms with van der Waals surface area (Å²) in [5.74, 6) is 0.0620. The van der Waals surface area contributed by atoms with E-state index >= 15 is 0 Å². The van der Waals surface area contributed by atoms with E-state index in [0.717, 1.165) is 12.8 Å². The number of piperidine rings is 1. The fraction of sp³-hybridized carbons (Fsp3) is 0.667. The highest BCUT2D eigenvalue weighted by molar-refractivity contribution is 5.83. The molecule has 9 nitrogen and oxygen atoms in total. The van der Waals surface area contributed by atoms with Crippen molar-refractivity contribution in [3.63, 3.8) is 0 Å². The van der Waals surface area contributed by atoms with Crippen molar-refractivity contribution < 1.29 is 19.4 Å². The number of carbonyl (C=O) groups is 2. The van der Waals surface area contributed by atoms with Crippen LogP contribution in [0.4, 0.5) is 10.6 Å². The molecule has 0 saturated carbocycles. The van der Waals surface area contributed by atoms with Crippen LogP contribution in [0.3, 0.4) is 0 Å². The van der Waals surface area contributed by atoms with Crippen molar-refractivity contribution in [2.75, 3.05) is 25.0 Å². The molecule has 0 bridgehead atoms. The number of aromatic nitrogens is 3. The Kier molecular flexibility index (Phi) is 5.09. The molecule has 2 rings (SSSR count). The van der Waals surface area contributed by atoms with Gasteiger partial charge in [-0.2, -0.15) is 9.90 Å². The standard InChI is InChI=1S/C12H19N5O4/c1-2-21-12(20)14-10-6-13-17(15-10)8-11(19)16-5-3-4-9(18)7-16/h6,9,18H,2-5,7-8H2,1H3,(H,14,15,20). The van der Waals surface area contributed by atoms with Crippen LogP contribution < -0.4 is 5.32 Å². The maximum atomic E-state index is 12.0. The largest absolute Gasteiger partial charge is 0.450 e. The van der Waals surface area contributed by atoms with Crippen molar-refractivity contribution in [3.05, 3.63) is 6.20 Å². The number of aliphatic hydroxyl groups excluding tert-OH is 1. The maximum Gasteiger partial charge on any atom is 0.412 e. The number of β-amino-alcohol motifs (C(OH)–C–C–N with tert-alkyl or cyclic N) is 1. The number of anilines is 1. The number of rotatable bonds is 4. The van der Waals surface area contributed by atoms with E-state index in [2.05, 4.69) is 15.5 Å². The lowest BCUT2D eigenvalue weighted by molar-refractivity contribution is -0.135. The Morgan fingerprint density at radius 3 is 3.10 bits per heavy atom. The van der Waals surface area contributed by atoms with E-state index in [9.17, 15) is 14.7 Å². The number of ether oxygens (including phenoxy) is 1. The lowest BCUT2D eigenvalue weighted by atomic mass is 10.1. The minimum absolute atomic E-state index is 0.0305. The van der Waals surface area contributed by atoms with Crippen molar-refractivity contribution >= 4 is 17.8 Å². The minimum atomic E-state index is -0.616. The van der Waals surface area contributed by atoms with Gasteiger partial charge in [0.1, 0.15) is 6.54 Å². The first-order valence-electron chi connectivity index (χ1n) is 6.88. The first kappa shape index (κ1) is 15.2. The molecule has 1 atom stereocenters. The fourth-order valence-electron chi connectivity index (χ4n) is 2.10. The molecule has 21 heavy (non-hydrogen) atoms. The SMILES string of the molecule is CCOC(=O)Nc1cnn(CC(=O)N2CCCC(O)C2)n1. The van der Waals surface area contributed by atoms with E-state index in [-0.39, 0.29) is 24.9 Å².